The van der Waals surface area contributed by atoms with Gasteiger partial charge in [-0.3, -0.25) is 9.59 Å². The van der Waals surface area contributed by atoms with E-state index in [1.165, 1.54) is 23.5 Å². The van der Waals surface area contributed by atoms with Crippen LogP contribution in [-0.2, 0) is 11.2 Å². The topological polar surface area (TPSA) is 46.2 Å². The second-order valence-electron chi connectivity index (χ2n) is 7.41. The maximum atomic E-state index is 14.6. The van der Waals surface area contributed by atoms with Gasteiger partial charge in [-0.15, -0.1) is 11.3 Å². The van der Waals surface area contributed by atoms with Crippen LogP contribution >= 0.6 is 11.3 Å². The lowest BCUT2D eigenvalue weighted by Gasteiger charge is -2.08. The molecule has 0 aliphatic heterocycles. The smallest absolute Gasteiger partial charge is 0.251 e. The Labute approximate surface area is 192 Å². The Morgan fingerprint density at radius 3 is 2.48 bits per heavy atom. The second kappa shape index (κ2) is 9.42. The fourth-order valence-electron chi connectivity index (χ4n) is 3.48. The monoisotopic (exact) mass is 465 g/mol. The molecule has 0 fully saturated rings. The van der Waals surface area contributed by atoms with Crippen LogP contribution in [0.4, 0.5) is 13.2 Å². The minimum Gasteiger partial charge on any atom is -0.345 e. The number of ketones is 1. The van der Waals surface area contributed by atoms with Crippen LogP contribution in [0.1, 0.15) is 20.8 Å². The molecule has 1 N–H and O–H groups in total. The highest BCUT2D eigenvalue weighted by molar-refractivity contribution is 7.19. The zero-order valence-corrected chi connectivity index (χ0v) is 18.1. The molecule has 4 aromatic rings. The third-order valence-electron chi connectivity index (χ3n) is 5.13. The van der Waals surface area contributed by atoms with Gasteiger partial charge in [0.25, 0.3) is 5.91 Å². The Bertz CT molecular complexity index is 1390. The van der Waals surface area contributed by atoms with Gasteiger partial charge in [-0.1, -0.05) is 30.8 Å². The van der Waals surface area contributed by atoms with Crippen molar-refractivity contribution in [3.8, 4) is 11.1 Å². The summed E-state index contributed by atoms with van der Waals surface area (Å²) in [6, 6.07) is 15.2. The molecule has 0 saturated carbocycles. The highest BCUT2D eigenvalue weighted by Gasteiger charge is 2.15. The van der Waals surface area contributed by atoms with Gasteiger partial charge in [0, 0.05) is 26.9 Å². The van der Waals surface area contributed by atoms with Crippen molar-refractivity contribution < 1.29 is 22.8 Å². The highest BCUT2D eigenvalue weighted by atomic mass is 32.1. The van der Waals surface area contributed by atoms with Crippen molar-refractivity contribution >= 4 is 33.1 Å². The number of nitrogens with one attached hydrogen (secondary N) is 1. The summed E-state index contributed by atoms with van der Waals surface area (Å²) in [5.74, 6) is -2.94. The van der Waals surface area contributed by atoms with Gasteiger partial charge in [-0.05, 0) is 59.2 Å². The van der Waals surface area contributed by atoms with Gasteiger partial charge in [-0.2, -0.15) is 0 Å². The van der Waals surface area contributed by atoms with E-state index in [9.17, 15) is 22.8 Å². The van der Waals surface area contributed by atoms with Crippen molar-refractivity contribution in [1.82, 2.24) is 5.32 Å². The molecular weight excluding hydrogens is 447 g/mol. The van der Waals surface area contributed by atoms with E-state index in [2.05, 4.69) is 11.9 Å². The number of benzene rings is 3. The summed E-state index contributed by atoms with van der Waals surface area (Å²) >= 11 is 1.36. The van der Waals surface area contributed by atoms with Crippen LogP contribution < -0.4 is 5.32 Å². The predicted molar refractivity (Wildman–Crippen MR) is 124 cm³/mol. The molecule has 166 valence electrons. The van der Waals surface area contributed by atoms with E-state index in [-0.39, 0.29) is 12.3 Å². The van der Waals surface area contributed by atoms with Gasteiger partial charge in [0.2, 0.25) is 0 Å². The van der Waals surface area contributed by atoms with Crippen molar-refractivity contribution in [2.45, 2.75) is 6.42 Å². The molecule has 0 saturated heterocycles. The van der Waals surface area contributed by atoms with Crippen LogP contribution in [0.3, 0.4) is 0 Å². The third-order valence-corrected chi connectivity index (χ3v) is 6.30. The van der Waals surface area contributed by atoms with Crippen molar-refractivity contribution in [3.63, 3.8) is 0 Å². The standard InChI is InChI=1S/C26H18F3NO2S/c1-2-18(31)14-30-26(32)17-5-3-4-16(12-17)20-7-9-22(27)21-13-19(33-25(20)21)10-15-6-8-23(28)24(29)11-15/h2-9,11-13H,1,10,14H2,(H,30,32). The molecule has 4 rings (SSSR count). The van der Waals surface area contributed by atoms with Crippen LogP contribution in [0.15, 0.2) is 73.3 Å². The lowest BCUT2D eigenvalue weighted by Crippen LogP contribution is -2.28. The second-order valence-corrected chi connectivity index (χ2v) is 8.55. The molecule has 1 amide bonds. The average molecular weight is 465 g/mol. The van der Waals surface area contributed by atoms with Crippen molar-refractivity contribution in [2.24, 2.45) is 0 Å². The summed E-state index contributed by atoms with van der Waals surface area (Å²) in [7, 11) is 0. The number of carbonyl (C=O) groups is 2. The van der Waals surface area contributed by atoms with Gasteiger partial charge in [0.1, 0.15) is 5.82 Å². The van der Waals surface area contributed by atoms with Gasteiger partial charge in [0.15, 0.2) is 17.4 Å². The molecule has 3 nitrogen and oxygen atoms in total. The van der Waals surface area contributed by atoms with Crippen molar-refractivity contribution in [1.29, 1.82) is 0 Å². The predicted octanol–water partition coefficient (Wildman–Crippen LogP) is 6.06. The number of carbonyl (C=O) groups excluding carboxylic acids is 2. The first kappa shape index (κ1) is 22.5. The molecule has 0 bridgehead atoms. The molecule has 1 heterocycles. The number of thiophene rings is 1. The quantitative estimate of drug-likeness (QED) is 0.337. The fourth-order valence-corrected chi connectivity index (χ4v) is 4.72. The Morgan fingerprint density at radius 2 is 1.73 bits per heavy atom. The maximum absolute atomic E-state index is 14.6. The fraction of sp³-hybridized carbons (Fsp3) is 0.0769. The molecule has 0 unspecified atom stereocenters. The molecule has 0 atom stereocenters. The van der Waals surface area contributed by atoms with E-state index in [4.69, 9.17) is 0 Å². The van der Waals surface area contributed by atoms with Gasteiger partial charge >= 0.3 is 0 Å². The van der Waals surface area contributed by atoms with Gasteiger partial charge < -0.3 is 5.32 Å². The van der Waals surface area contributed by atoms with Crippen LogP contribution in [0.25, 0.3) is 21.2 Å². The highest BCUT2D eigenvalue weighted by Crippen LogP contribution is 2.37. The summed E-state index contributed by atoms with van der Waals surface area (Å²) in [5.41, 5.74) is 2.39. The molecule has 1 aromatic heterocycles. The van der Waals surface area contributed by atoms with Crippen molar-refractivity contribution in [2.75, 3.05) is 6.54 Å². The van der Waals surface area contributed by atoms with E-state index in [0.29, 0.717) is 33.2 Å². The first-order chi connectivity index (χ1) is 15.9. The van der Waals surface area contributed by atoms with E-state index < -0.39 is 23.4 Å². The number of hydrogen-bond acceptors (Lipinski definition) is 3. The third kappa shape index (κ3) is 4.88. The lowest BCUT2D eigenvalue weighted by atomic mass is 10.0. The summed E-state index contributed by atoms with van der Waals surface area (Å²) in [6.45, 7) is 3.22. The van der Waals surface area contributed by atoms with Crippen LogP contribution in [0, 0.1) is 17.5 Å². The van der Waals surface area contributed by atoms with E-state index >= 15 is 0 Å². The lowest BCUT2D eigenvalue weighted by molar-refractivity contribution is -0.113. The zero-order chi connectivity index (χ0) is 23.5. The normalized spacial score (nSPS) is 10.9. The number of rotatable bonds is 7. The van der Waals surface area contributed by atoms with Gasteiger partial charge in [0.05, 0.1) is 6.54 Å². The Morgan fingerprint density at radius 1 is 0.939 bits per heavy atom. The Hall–Kier alpha value is -3.71. The number of fused-ring (bicyclic) bond motifs is 1. The molecule has 0 aliphatic carbocycles. The Balaban J connectivity index is 1.67. The molecule has 0 spiro atoms. The van der Waals surface area contributed by atoms with Gasteiger partial charge in [-0.25, -0.2) is 13.2 Å². The molecule has 0 aliphatic rings. The summed E-state index contributed by atoms with van der Waals surface area (Å²) in [5, 5.41) is 2.96. The van der Waals surface area contributed by atoms with Crippen LogP contribution in [0.2, 0.25) is 0 Å². The molecule has 33 heavy (non-hydrogen) atoms. The molecule has 7 heteroatoms. The number of hydrogen-bond donors (Lipinski definition) is 1. The Kier molecular flexibility index (Phi) is 6.42. The SMILES string of the molecule is C=CC(=O)CNC(=O)c1cccc(-c2ccc(F)c3cc(Cc4ccc(F)c(F)c4)sc23)c1. The molecule has 0 radical (unpaired) electrons. The van der Waals surface area contributed by atoms with E-state index in [1.807, 2.05) is 6.07 Å². The summed E-state index contributed by atoms with van der Waals surface area (Å²) in [6.07, 6.45) is 1.47. The molecule has 3 aromatic carbocycles. The van der Waals surface area contributed by atoms with E-state index in [1.54, 1.807) is 30.3 Å². The minimum atomic E-state index is -0.926. The number of halogens is 3. The van der Waals surface area contributed by atoms with Crippen molar-refractivity contribution in [3.05, 3.63) is 107 Å². The largest absolute Gasteiger partial charge is 0.345 e. The number of amides is 1. The summed E-state index contributed by atoms with van der Waals surface area (Å²) < 4.78 is 42.0. The summed E-state index contributed by atoms with van der Waals surface area (Å²) in [4.78, 5) is 24.6. The average Bonchev–Trinajstić information content (AvgIpc) is 3.24. The van der Waals surface area contributed by atoms with Crippen LogP contribution in [-0.4, -0.2) is 18.2 Å². The first-order valence-corrected chi connectivity index (χ1v) is 10.9. The van der Waals surface area contributed by atoms with E-state index in [0.717, 1.165) is 28.6 Å². The van der Waals surface area contributed by atoms with Crippen LogP contribution in [0.5, 0.6) is 0 Å². The molecular formula is C26H18F3NO2S. The zero-order valence-electron chi connectivity index (χ0n) is 17.3. The maximum Gasteiger partial charge on any atom is 0.251 e. The minimum absolute atomic E-state index is 0.147. The first-order valence-electron chi connectivity index (χ1n) is 10.0.